The lowest BCUT2D eigenvalue weighted by molar-refractivity contribution is 0.0807. The van der Waals surface area contributed by atoms with E-state index in [0.29, 0.717) is 37.5 Å². The molecule has 1 amide bonds. The Morgan fingerprint density at radius 3 is 2.19 bits per heavy atom. The second-order valence-corrected chi connectivity index (χ2v) is 12.7. The Morgan fingerprint density at radius 2 is 1.50 bits per heavy atom. The number of piperazine rings is 1. The quantitative estimate of drug-likeness (QED) is 0.142. The van der Waals surface area contributed by atoms with Crippen LogP contribution in [0.3, 0.4) is 0 Å². The van der Waals surface area contributed by atoms with E-state index in [9.17, 15) is 4.79 Å². The fourth-order valence-corrected chi connectivity index (χ4v) is 6.29. The maximum atomic E-state index is 12.3. The normalized spacial score (nSPS) is 15.7. The average Bonchev–Trinajstić information content (AvgIpc) is 3.15. The van der Waals surface area contributed by atoms with E-state index in [1.807, 2.05) is 90.1 Å². The van der Waals surface area contributed by atoms with Crippen LogP contribution >= 0.6 is 0 Å². The first-order valence-electron chi connectivity index (χ1n) is 17.3. The molecule has 0 bridgehead atoms. The molecule has 0 unspecified atom stereocenters. The Labute approximate surface area is 284 Å². The Morgan fingerprint density at radius 1 is 0.812 bits per heavy atom. The van der Waals surface area contributed by atoms with Crippen molar-refractivity contribution in [2.75, 3.05) is 57.3 Å². The number of hydrogen-bond donors (Lipinski definition) is 0. The SMILES string of the molecule is CCCCOC(=O)N1CCC(CN2CCN(c3cncc(-c4ccc(OCc5ccccc5)nc4OCc4ccccc4)c3)CC2)CC1. The van der Waals surface area contributed by atoms with Gasteiger partial charge in [0.15, 0.2) is 0 Å². The van der Waals surface area contributed by atoms with Crippen LogP contribution in [0.4, 0.5) is 10.5 Å². The van der Waals surface area contributed by atoms with Crippen LogP contribution in [0.15, 0.2) is 91.3 Å². The third-order valence-corrected chi connectivity index (χ3v) is 9.17. The summed E-state index contributed by atoms with van der Waals surface area (Å²) in [6.07, 6.45) is 7.71. The molecule has 2 aromatic heterocycles. The van der Waals surface area contributed by atoms with Crippen LogP contribution in [0.25, 0.3) is 11.1 Å². The number of carbonyl (C=O) groups is 1. The highest BCUT2D eigenvalue weighted by Gasteiger charge is 2.27. The molecule has 0 radical (unpaired) electrons. The molecule has 0 spiro atoms. The second-order valence-electron chi connectivity index (χ2n) is 12.7. The number of unbranched alkanes of at least 4 members (excludes halogenated alkanes) is 1. The van der Waals surface area contributed by atoms with Crippen molar-refractivity contribution in [1.29, 1.82) is 0 Å². The summed E-state index contributed by atoms with van der Waals surface area (Å²) < 4.78 is 17.8. The lowest BCUT2D eigenvalue weighted by Gasteiger charge is -2.39. The van der Waals surface area contributed by atoms with Gasteiger partial charge in [-0.05, 0) is 48.4 Å². The summed E-state index contributed by atoms with van der Waals surface area (Å²) in [6, 6.07) is 26.3. The number of rotatable bonds is 13. The molecule has 2 aliphatic heterocycles. The first kappa shape index (κ1) is 33.3. The summed E-state index contributed by atoms with van der Waals surface area (Å²) >= 11 is 0. The predicted molar refractivity (Wildman–Crippen MR) is 188 cm³/mol. The predicted octanol–water partition coefficient (Wildman–Crippen LogP) is 7.07. The summed E-state index contributed by atoms with van der Waals surface area (Å²) in [4.78, 5) is 28.6. The van der Waals surface area contributed by atoms with Crippen molar-refractivity contribution < 1.29 is 19.0 Å². The van der Waals surface area contributed by atoms with Crippen LogP contribution in [0, 0.1) is 5.92 Å². The smallest absolute Gasteiger partial charge is 0.409 e. The van der Waals surface area contributed by atoms with E-state index >= 15 is 0 Å². The topological polar surface area (TPSA) is 80.3 Å². The van der Waals surface area contributed by atoms with Gasteiger partial charge >= 0.3 is 6.09 Å². The number of aromatic nitrogens is 2. The molecular weight excluding hydrogens is 602 g/mol. The van der Waals surface area contributed by atoms with Crippen LogP contribution < -0.4 is 14.4 Å². The second kappa shape index (κ2) is 17.0. The first-order valence-corrected chi connectivity index (χ1v) is 17.3. The highest BCUT2D eigenvalue weighted by Crippen LogP contribution is 2.33. The number of benzene rings is 2. The molecule has 9 nitrogen and oxygen atoms in total. The number of amides is 1. The molecule has 2 aromatic carbocycles. The Hall–Kier alpha value is -4.63. The van der Waals surface area contributed by atoms with E-state index in [1.54, 1.807) is 0 Å². The molecule has 9 heteroatoms. The van der Waals surface area contributed by atoms with Crippen molar-refractivity contribution in [3.63, 3.8) is 0 Å². The first-order chi connectivity index (χ1) is 23.6. The standard InChI is InChI=1S/C39H47N5O4/c1-2-3-24-46-39(45)44-18-16-31(17-19-44)28-42-20-22-43(23-21-42)35-25-34(26-40-27-35)36-14-15-37(47-29-32-10-6-4-7-11-32)41-38(36)48-30-33-12-8-5-9-13-33/h4-15,25-27,31H,2-3,16-24,28-30H2,1H3. The average molecular weight is 650 g/mol. The number of pyridine rings is 2. The molecule has 2 aliphatic rings. The van der Waals surface area contributed by atoms with E-state index in [1.165, 1.54) is 0 Å². The third-order valence-electron chi connectivity index (χ3n) is 9.17. The van der Waals surface area contributed by atoms with Gasteiger partial charge in [0.25, 0.3) is 0 Å². The van der Waals surface area contributed by atoms with Gasteiger partial charge in [-0.15, -0.1) is 0 Å². The van der Waals surface area contributed by atoms with Gasteiger partial charge in [0.1, 0.15) is 13.2 Å². The summed E-state index contributed by atoms with van der Waals surface area (Å²) in [5, 5.41) is 0. The van der Waals surface area contributed by atoms with Gasteiger partial charge in [-0.25, -0.2) is 4.79 Å². The van der Waals surface area contributed by atoms with Crippen molar-refractivity contribution in [2.24, 2.45) is 5.92 Å². The van der Waals surface area contributed by atoms with Gasteiger partial charge in [0, 0.05) is 69.2 Å². The molecule has 252 valence electrons. The lowest BCUT2D eigenvalue weighted by Crippen LogP contribution is -2.49. The monoisotopic (exact) mass is 649 g/mol. The van der Waals surface area contributed by atoms with Gasteiger partial charge in [0.2, 0.25) is 11.8 Å². The number of piperidine rings is 1. The Bertz CT molecular complexity index is 1570. The number of ether oxygens (including phenoxy) is 3. The minimum atomic E-state index is -0.149. The molecule has 0 N–H and O–H groups in total. The highest BCUT2D eigenvalue weighted by atomic mass is 16.6. The van der Waals surface area contributed by atoms with Crippen molar-refractivity contribution >= 4 is 11.8 Å². The Kier molecular flexibility index (Phi) is 11.8. The largest absolute Gasteiger partial charge is 0.473 e. The molecule has 0 aliphatic carbocycles. The van der Waals surface area contributed by atoms with Crippen molar-refractivity contribution in [1.82, 2.24) is 19.8 Å². The summed E-state index contributed by atoms with van der Waals surface area (Å²) in [7, 11) is 0. The van der Waals surface area contributed by atoms with Crippen LogP contribution in [0.2, 0.25) is 0 Å². The van der Waals surface area contributed by atoms with Crippen molar-refractivity contribution in [3.05, 3.63) is 102 Å². The van der Waals surface area contributed by atoms with E-state index in [4.69, 9.17) is 19.2 Å². The van der Waals surface area contributed by atoms with Crippen molar-refractivity contribution in [3.8, 4) is 22.9 Å². The van der Waals surface area contributed by atoms with Crippen molar-refractivity contribution in [2.45, 2.75) is 45.8 Å². The summed E-state index contributed by atoms with van der Waals surface area (Å²) in [5.74, 6) is 1.65. The zero-order valence-electron chi connectivity index (χ0n) is 28.0. The fraction of sp³-hybridized carbons (Fsp3) is 0.410. The van der Waals surface area contributed by atoms with Crippen LogP contribution in [0.1, 0.15) is 43.7 Å². The number of nitrogens with zero attached hydrogens (tertiary/aromatic N) is 5. The molecule has 4 heterocycles. The minimum absolute atomic E-state index is 0.149. The van der Waals surface area contributed by atoms with Gasteiger partial charge in [-0.1, -0.05) is 74.0 Å². The maximum Gasteiger partial charge on any atom is 0.409 e. The zero-order valence-corrected chi connectivity index (χ0v) is 28.0. The van der Waals surface area contributed by atoms with Gasteiger partial charge in [-0.3, -0.25) is 9.88 Å². The molecular formula is C39H47N5O4. The molecule has 48 heavy (non-hydrogen) atoms. The number of anilines is 1. The van der Waals surface area contributed by atoms with Crippen LogP contribution in [-0.2, 0) is 18.0 Å². The number of likely N-dealkylation sites (tertiary alicyclic amines) is 1. The third kappa shape index (κ3) is 9.25. The lowest BCUT2D eigenvalue weighted by atomic mass is 9.96. The number of hydrogen-bond acceptors (Lipinski definition) is 8. The zero-order chi connectivity index (χ0) is 33.0. The summed E-state index contributed by atoms with van der Waals surface area (Å²) in [5.41, 5.74) is 5.09. The van der Waals surface area contributed by atoms with E-state index in [2.05, 4.69) is 27.8 Å². The number of carbonyl (C=O) groups excluding carboxylic acids is 1. The maximum absolute atomic E-state index is 12.3. The van der Waals surface area contributed by atoms with Crippen LogP contribution in [0.5, 0.6) is 11.8 Å². The van der Waals surface area contributed by atoms with Gasteiger partial charge in [-0.2, -0.15) is 4.98 Å². The fourth-order valence-electron chi connectivity index (χ4n) is 6.29. The summed E-state index contributed by atoms with van der Waals surface area (Å²) in [6.45, 7) is 10.0. The van der Waals surface area contributed by atoms with E-state index in [0.717, 1.165) is 99.4 Å². The van der Waals surface area contributed by atoms with E-state index < -0.39 is 0 Å². The van der Waals surface area contributed by atoms with Crippen LogP contribution in [-0.4, -0.2) is 78.3 Å². The van der Waals surface area contributed by atoms with Gasteiger partial charge in [0.05, 0.1) is 18.5 Å². The highest BCUT2D eigenvalue weighted by molar-refractivity contribution is 5.71. The Balaban J connectivity index is 1.06. The van der Waals surface area contributed by atoms with Gasteiger partial charge < -0.3 is 24.0 Å². The van der Waals surface area contributed by atoms with E-state index in [-0.39, 0.29) is 6.09 Å². The molecule has 0 atom stereocenters. The molecule has 2 saturated heterocycles. The molecule has 2 fully saturated rings. The molecule has 6 rings (SSSR count). The minimum Gasteiger partial charge on any atom is -0.473 e. The molecule has 4 aromatic rings. The molecule has 0 saturated carbocycles.